The summed E-state index contributed by atoms with van der Waals surface area (Å²) in [5.41, 5.74) is -0.358. The topological polar surface area (TPSA) is 35.5 Å². The van der Waals surface area contributed by atoms with E-state index in [1.807, 2.05) is 0 Å². The van der Waals surface area contributed by atoms with Gasteiger partial charge in [-0.2, -0.15) is 0 Å². The summed E-state index contributed by atoms with van der Waals surface area (Å²) in [5, 5.41) is 13.4. The van der Waals surface area contributed by atoms with Gasteiger partial charge in [0.2, 0.25) is 0 Å². The van der Waals surface area contributed by atoms with Crippen LogP contribution in [-0.4, -0.2) is 48.3 Å². The van der Waals surface area contributed by atoms with E-state index in [0.29, 0.717) is 6.04 Å². The van der Waals surface area contributed by atoms with Crippen molar-refractivity contribution in [2.45, 2.75) is 43.7 Å². The molecule has 1 saturated carbocycles. The van der Waals surface area contributed by atoms with Crippen molar-refractivity contribution in [3.63, 3.8) is 0 Å². The minimum atomic E-state index is -0.358. The van der Waals surface area contributed by atoms with Crippen molar-refractivity contribution in [1.82, 2.24) is 10.2 Å². The van der Waals surface area contributed by atoms with Gasteiger partial charge in [0.25, 0.3) is 0 Å². The molecule has 3 heteroatoms. The molecule has 0 radical (unpaired) electrons. The molecule has 0 bridgehead atoms. The van der Waals surface area contributed by atoms with Gasteiger partial charge in [-0.1, -0.05) is 0 Å². The molecular formula is C11H22N2O. The van der Waals surface area contributed by atoms with Gasteiger partial charge in [-0.25, -0.2) is 0 Å². The van der Waals surface area contributed by atoms with Crippen LogP contribution in [0.25, 0.3) is 0 Å². The van der Waals surface area contributed by atoms with E-state index in [0.717, 1.165) is 19.4 Å². The molecule has 0 spiro atoms. The van der Waals surface area contributed by atoms with E-state index in [1.165, 1.54) is 32.4 Å². The standard InChI is InChI=1S/C11H22N2O/c1-13-7-3-10(4-8-13)12-9-11(14)5-2-6-11/h10,12,14H,2-9H2,1H3. The molecule has 0 atom stereocenters. The molecule has 14 heavy (non-hydrogen) atoms. The van der Waals surface area contributed by atoms with Crippen LogP contribution in [0.3, 0.4) is 0 Å². The number of likely N-dealkylation sites (tertiary alicyclic amines) is 1. The van der Waals surface area contributed by atoms with Gasteiger partial charge in [0.1, 0.15) is 0 Å². The predicted molar refractivity (Wildman–Crippen MR) is 57.3 cm³/mol. The third kappa shape index (κ3) is 2.47. The first-order valence-electron chi connectivity index (χ1n) is 5.82. The van der Waals surface area contributed by atoms with Crippen molar-refractivity contribution < 1.29 is 5.11 Å². The minimum Gasteiger partial charge on any atom is -0.389 e. The van der Waals surface area contributed by atoms with Crippen LogP contribution in [0.5, 0.6) is 0 Å². The van der Waals surface area contributed by atoms with Crippen molar-refractivity contribution in [2.24, 2.45) is 0 Å². The van der Waals surface area contributed by atoms with Crippen LogP contribution < -0.4 is 5.32 Å². The summed E-state index contributed by atoms with van der Waals surface area (Å²) in [7, 11) is 2.18. The van der Waals surface area contributed by atoms with E-state index in [2.05, 4.69) is 17.3 Å². The lowest BCUT2D eigenvalue weighted by molar-refractivity contribution is -0.0343. The lowest BCUT2D eigenvalue weighted by Crippen LogP contribution is -2.51. The highest BCUT2D eigenvalue weighted by Crippen LogP contribution is 2.30. The average molecular weight is 198 g/mol. The van der Waals surface area contributed by atoms with Gasteiger partial charge in [-0.15, -0.1) is 0 Å². The summed E-state index contributed by atoms with van der Waals surface area (Å²) >= 11 is 0. The number of piperidine rings is 1. The fourth-order valence-electron chi connectivity index (χ4n) is 2.31. The van der Waals surface area contributed by atoms with Crippen LogP contribution in [0.4, 0.5) is 0 Å². The van der Waals surface area contributed by atoms with Gasteiger partial charge in [0, 0.05) is 12.6 Å². The van der Waals surface area contributed by atoms with E-state index in [1.54, 1.807) is 0 Å². The highest BCUT2D eigenvalue weighted by Gasteiger charge is 2.34. The zero-order valence-electron chi connectivity index (χ0n) is 9.13. The van der Waals surface area contributed by atoms with Gasteiger partial charge < -0.3 is 15.3 Å². The van der Waals surface area contributed by atoms with Crippen LogP contribution in [0.2, 0.25) is 0 Å². The Kier molecular flexibility index (Phi) is 3.10. The monoisotopic (exact) mass is 198 g/mol. The number of hydrogen-bond donors (Lipinski definition) is 2. The molecule has 2 rings (SSSR count). The molecule has 82 valence electrons. The summed E-state index contributed by atoms with van der Waals surface area (Å²) in [6.45, 7) is 3.19. The summed E-state index contributed by atoms with van der Waals surface area (Å²) in [6.07, 6.45) is 5.64. The quantitative estimate of drug-likeness (QED) is 0.696. The second-order valence-electron chi connectivity index (χ2n) is 5.04. The molecule has 1 aliphatic carbocycles. The van der Waals surface area contributed by atoms with Crippen LogP contribution in [-0.2, 0) is 0 Å². The number of hydrogen-bond acceptors (Lipinski definition) is 3. The number of nitrogens with one attached hydrogen (secondary N) is 1. The third-order valence-electron chi connectivity index (χ3n) is 3.72. The molecule has 0 aromatic heterocycles. The Hall–Kier alpha value is -0.120. The van der Waals surface area contributed by atoms with E-state index >= 15 is 0 Å². The van der Waals surface area contributed by atoms with Crippen LogP contribution in [0, 0.1) is 0 Å². The molecule has 2 fully saturated rings. The number of rotatable bonds is 3. The Morgan fingerprint density at radius 3 is 2.50 bits per heavy atom. The summed E-state index contributed by atoms with van der Waals surface area (Å²) < 4.78 is 0. The molecule has 2 N–H and O–H groups in total. The SMILES string of the molecule is CN1CCC(NCC2(O)CCC2)CC1. The molecule has 1 aliphatic heterocycles. The van der Waals surface area contributed by atoms with Crippen LogP contribution in [0.1, 0.15) is 32.1 Å². The summed E-state index contributed by atoms with van der Waals surface area (Å²) in [5.74, 6) is 0. The van der Waals surface area contributed by atoms with E-state index in [9.17, 15) is 5.11 Å². The van der Waals surface area contributed by atoms with Gasteiger partial charge in [0.15, 0.2) is 0 Å². The Labute approximate surface area is 86.5 Å². The summed E-state index contributed by atoms with van der Waals surface area (Å²) in [4.78, 5) is 2.37. The van der Waals surface area contributed by atoms with E-state index in [4.69, 9.17) is 0 Å². The van der Waals surface area contributed by atoms with Crippen molar-refractivity contribution in [2.75, 3.05) is 26.7 Å². The molecule has 1 heterocycles. The molecule has 0 unspecified atom stereocenters. The first kappa shape index (κ1) is 10.4. The maximum atomic E-state index is 9.92. The Morgan fingerprint density at radius 1 is 1.36 bits per heavy atom. The van der Waals surface area contributed by atoms with Gasteiger partial charge >= 0.3 is 0 Å². The van der Waals surface area contributed by atoms with Crippen LogP contribution >= 0.6 is 0 Å². The zero-order valence-corrected chi connectivity index (χ0v) is 9.13. The number of nitrogens with zero attached hydrogens (tertiary/aromatic N) is 1. The van der Waals surface area contributed by atoms with E-state index in [-0.39, 0.29) is 5.60 Å². The first-order chi connectivity index (χ1) is 6.68. The Bertz CT molecular complexity index is 184. The van der Waals surface area contributed by atoms with E-state index < -0.39 is 0 Å². The lowest BCUT2D eigenvalue weighted by atomic mass is 9.80. The highest BCUT2D eigenvalue weighted by molar-refractivity contribution is 4.91. The highest BCUT2D eigenvalue weighted by atomic mass is 16.3. The fourth-order valence-corrected chi connectivity index (χ4v) is 2.31. The summed E-state index contributed by atoms with van der Waals surface area (Å²) in [6, 6.07) is 0.635. The second kappa shape index (κ2) is 4.17. The average Bonchev–Trinajstić information content (AvgIpc) is 2.14. The van der Waals surface area contributed by atoms with Crippen molar-refractivity contribution in [3.8, 4) is 0 Å². The molecular weight excluding hydrogens is 176 g/mol. The molecule has 3 nitrogen and oxygen atoms in total. The lowest BCUT2D eigenvalue weighted by Gasteiger charge is -2.39. The van der Waals surface area contributed by atoms with Crippen molar-refractivity contribution in [3.05, 3.63) is 0 Å². The molecule has 0 aromatic rings. The molecule has 0 amide bonds. The fraction of sp³-hybridized carbons (Fsp3) is 1.00. The second-order valence-corrected chi connectivity index (χ2v) is 5.04. The first-order valence-corrected chi connectivity index (χ1v) is 5.82. The molecule has 1 saturated heterocycles. The predicted octanol–water partition coefficient (Wildman–Crippen LogP) is 0.585. The van der Waals surface area contributed by atoms with Gasteiger partial charge in [-0.05, 0) is 52.2 Å². The maximum absolute atomic E-state index is 9.92. The van der Waals surface area contributed by atoms with Gasteiger partial charge in [0.05, 0.1) is 5.60 Å². The molecule has 0 aromatic carbocycles. The Morgan fingerprint density at radius 2 is 2.00 bits per heavy atom. The van der Waals surface area contributed by atoms with Crippen LogP contribution in [0.15, 0.2) is 0 Å². The Balaban J connectivity index is 1.65. The zero-order chi connectivity index (χ0) is 10.0. The third-order valence-corrected chi connectivity index (χ3v) is 3.72. The largest absolute Gasteiger partial charge is 0.389 e. The number of aliphatic hydroxyl groups is 1. The van der Waals surface area contributed by atoms with Crippen molar-refractivity contribution in [1.29, 1.82) is 0 Å². The van der Waals surface area contributed by atoms with Crippen molar-refractivity contribution >= 4 is 0 Å². The van der Waals surface area contributed by atoms with Gasteiger partial charge in [-0.3, -0.25) is 0 Å². The molecule has 2 aliphatic rings. The normalized spacial score (nSPS) is 28.7. The smallest absolute Gasteiger partial charge is 0.0771 e. The minimum absolute atomic E-state index is 0.358. The maximum Gasteiger partial charge on any atom is 0.0771 e.